The Morgan fingerprint density at radius 3 is 2.93 bits per heavy atom. The smallest absolute Gasteiger partial charge is 0.228 e. The highest BCUT2D eigenvalue weighted by Crippen LogP contribution is 2.42. The van der Waals surface area contributed by atoms with E-state index in [2.05, 4.69) is 33.3 Å². The average Bonchev–Trinajstić information content (AvgIpc) is 3.48. The number of amides is 1. The second-order valence-electron chi connectivity index (χ2n) is 7.44. The van der Waals surface area contributed by atoms with Crippen molar-refractivity contribution in [1.29, 1.82) is 5.26 Å². The zero-order chi connectivity index (χ0) is 20.5. The maximum Gasteiger partial charge on any atom is 0.228 e. The monoisotopic (exact) mass is 386 g/mol. The van der Waals surface area contributed by atoms with Gasteiger partial charge in [0.05, 0.1) is 11.8 Å². The minimum absolute atomic E-state index is 0.0829. The molecule has 0 aliphatic heterocycles. The molecule has 0 aromatic carbocycles. The van der Waals surface area contributed by atoms with Crippen molar-refractivity contribution in [3.8, 4) is 17.3 Å². The molecule has 0 radical (unpaired) electrons. The number of anilines is 2. The van der Waals surface area contributed by atoms with Gasteiger partial charge in [0.1, 0.15) is 11.6 Å². The summed E-state index contributed by atoms with van der Waals surface area (Å²) in [5.74, 6) is 0.859. The molecule has 0 bridgehead atoms. The standard InChI is InChI=1S/C22H22N6O/c1-3-14-16-9-19(27-22(29)15-8-13(15)4-6-23)26-11-18(16)21(24)28-20(14)17-10-25-7-5-12(17)2/h5,7,9-11,13,15H,3-4,8H2,1-2H3,(H2,24,28)(H,26,27,29)/t13-,15-/m1/s1. The summed E-state index contributed by atoms with van der Waals surface area (Å²) in [5, 5.41) is 13.4. The van der Waals surface area contributed by atoms with E-state index in [1.165, 1.54) is 0 Å². The third-order valence-electron chi connectivity index (χ3n) is 5.53. The molecule has 1 fully saturated rings. The van der Waals surface area contributed by atoms with E-state index in [-0.39, 0.29) is 17.7 Å². The SMILES string of the molecule is CCc1c(-c2cnccc2C)nc(N)c2cnc(NC(=O)[C@@H]3C[C@H]3CC#N)cc12. The van der Waals surface area contributed by atoms with Crippen LogP contribution in [0.2, 0.25) is 0 Å². The highest BCUT2D eigenvalue weighted by atomic mass is 16.2. The highest BCUT2D eigenvalue weighted by Gasteiger charge is 2.42. The summed E-state index contributed by atoms with van der Waals surface area (Å²) < 4.78 is 0. The molecule has 2 atom stereocenters. The van der Waals surface area contributed by atoms with Crippen LogP contribution < -0.4 is 11.1 Å². The van der Waals surface area contributed by atoms with Crippen LogP contribution in [0.3, 0.4) is 0 Å². The van der Waals surface area contributed by atoms with E-state index in [0.717, 1.165) is 46.0 Å². The minimum Gasteiger partial charge on any atom is -0.383 e. The van der Waals surface area contributed by atoms with Gasteiger partial charge >= 0.3 is 0 Å². The maximum absolute atomic E-state index is 12.4. The molecular weight excluding hydrogens is 364 g/mol. The van der Waals surface area contributed by atoms with Gasteiger partial charge in [-0.3, -0.25) is 9.78 Å². The number of hydrogen-bond donors (Lipinski definition) is 2. The quantitative estimate of drug-likeness (QED) is 0.691. The number of fused-ring (bicyclic) bond motifs is 1. The number of nitriles is 1. The van der Waals surface area contributed by atoms with Crippen LogP contribution in [0, 0.1) is 30.1 Å². The molecule has 0 unspecified atom stereocenters. The molecular formula is C22H22N6O. The Labute approximate surface area is 169 Å². The molecule has 7 nitrogen and oxygen atoms in total. The van der Waals surface area contributed by atoms with Crippen LogP contribution in [-0.4, -0.2) is 20.9 Å². The van der Waals surface area contributed by atoms with Gasteiger partial charge in [-0.15, -0.1) is 0 Å². The van der Waals surface area contributed by atoms with Crippen molar-refractivity contribution in [1.82, 2.24) is 15.0 Å². The topological polar surface area (TPSA) is 118 Å². The molecule has 29 heavy (non-hydrogen) atoms. The Hall–Kier alpha value is -3.53. The summed E-state index contributed by atoms with van der Waals surface area (Å²) in [5.41, 5.74) is 10.1. The number of rotatable bonds is 5. The van der Waals surface area contributed by atoms with Crippen LogP contribution in [0.1, 0.15) is 30.9 Å². The summed E-state index contributed by atoms with van der Waals surface area (Å²) in [6, 6.07) is 5.94. The van der Waals surface area contributed by atoms with E-state index in [1.54, 1.807) is 18.6 Å². The molecule has 1 aliphatic rings. The summed E-state index contributed by atoms with van der Waals surface area (Å²) in [6.07, 6.45) is 7.13. The number of hydrogen-bond acceptors (Lipinski definition) is 6. The van der Waals surface area contributed by atoms with Crippen molar-refractivity contribution in [3.05, 3.63) is 41.9 Å². The van der Waals surface area contributed by atoms with Gasteiger partial charge in [-0.05, 0) is 54.3 Å². The number of carbonyl (C=O) groups excluding carboxylic acids is 1. The first-order valence-electron chi connectivity index (χ1n) is 9.70. The minimum atomic E-state index is -0.103. The Balaban J connectivity index is 1.75. The summed E-state index contributed by atoms with van der Waals surface area (Å²) in [4.78, 5) is 25.7. The van der Waals surface area contributed by atoms with Gasteiger partial charge in [0.25, 0.3) is 0 Å². The largest absolute Gasteiger partial charge is 0.383 e. The zero-order valence-corrected chi connectivity index (χ0v) is 16.4. The van der Waals surface area contributed by atoms with Gasteiger partial charge in [0, 0.05) is 41.9 Å². The summed E-state index contributed by atoms with van der Waals surface area (Å²) in [7, 11) is 0. The van der Waals surface area contributed by atoms with Crippen LogP contribution in [-0.2, 0) is 11.2 Å². The fourth-order valence-corrected chi connectivity index (χ4v) is 3.78. The van der Waals surface area contributed by atoms with Gasteiger partial charge in [0.2, 0.25) is 5.91 Å². The molecule has 7 heteroatoms. The number of nitrogens with two attached hydrogens (primary N) is 1. The predicted molar refractivity (Wildman–Crippen MR) is 112 cm³/mol. The van der Waals surface area contributed by atoms with E-state index in [9.17, 15) is 4.79 Å². The van der Waals surface area contributed by atoms with Crippen LogP contribution in [0.4, 0.5) is 11.6 Å². The van der Waals surface area contributed by atoms with Crippen LogP contribution in [0.15, 0.2) is 30.7 Å². The number of nitrogens with one attached hydrogen (secondary N) is 1. The molecule has 3 heterocycles. The van der Waals surface area contributed by atoms with Gasteiger partial charge in [-0.2, -0.15) is 5.26 Å². The van der Waals surface area contributed by atoms with Crippen molar-refractivity contribution in [2.24, 2.45) is 11.8 Å². The lowest BCUT2D eigenvalue weighted by Gasteiger charge is -2.15. The lowest BCUT2D eigenvalue weighted by atomic mass is 9.97. The third-order valence-corrected chi connectivity index (χ3v) is 5.53. The van der Waals surface area contributed by atoms with E-state index in [4.69, 9.17) is 11.0 Å². The molecule has 1 saturated carbocycles. The van der Waals surface area contributed by atoms with E-state index in [1.807, 2.05) is 19.1 Å². The second-order valence-corrected chi connectivity index (χ2v) is 7.44. The number of nitrogen functional groups attached to an aromatic ring is 1. The van der Waals surface area contributed by atoms with Gasteiger partial charge in [-0.1, -0.05) is 6.92 Å². The van der Waals surface area contributed by atoms with Crippen LogP contribution >= 0.6 is 0 Å². The van der Waals surface area contributed by atoms with Gasteiger partial charge < -0.3 is 11.1 Å². The van der Waals surface area contributed by atoms with Crippen molar-refractivity contribution < 1.29 is 4.79 Å². The first kappa shape index (κ1) is 18.8. The molecule has 1 amide bonds. The van der Waals surface area contributed by atoms with E-state index < -0.39 is 0 Å². The fourth-order valence-electron chi connectivity index (χ4n) is 3.78. The van der Waals surface area contributed by atoms with E-state index >= 15 is 0 Å². The van der Waals surface area contributed by atoms with Crippen LogP contribution in [0.5, 0.6) is 0 Å². The zero-order valence-electron chi connectivity index (χ0n) is 16.4. The molecule has 146 valence electrons. The molecule has 3 aromatic heterocycles. The molecule has 3 N–H and O–H groups in total. The van der Waals surface area contributed by atoms with Crippen molar-refractivity contribution in [2.45, 2.75) is 33.1 Å². The normalized spacial score (nSPS) is 17.7. The lowest BCUT2D eigenvalue weighted by Crippen LogP contribution is -2.15. The molecule has 0 spiro atoms. The van der Waals surface area contributed by atoms with Crippen molar-refractivity contribution in [3.63, 3.8) is 0 Å². The number of carbonyl (C=O) groups is 1. The van der Waals surface area contributed by atoms with Gasteiger partial charge in [-0.25, -0.2) is 9.97 Å². The van der Waals surface area contributed by atoms with Gasteiger partial charge in [0.15, 0.2) is 0 Å². The van der Waals surface area contributed by atoms with Crippen molar-refractivity contribution in [2.75, 3.05) is 11.1 Å². The van der Waals surface area contributed by atoms with Crippen LogP contribution in [0.25, 0.3) is 22.0 Å². The molecule has 0 saturated heterocycles. The first-order valence-corrected chi connectivity index (χ1v) is 9.70. The average molecular weight is 386 g/mol. The van der Waals surface area contributed by atoms with Crippen molar-refractivity contribution >= 4 is 28.3 Å². The maximum atomic E-state index is 12.4. The fraction of sp³-hybridized carbons (Fsp3) is 0.318. The molecule has 3 aromatic rings. The highest BCUT2D eigenvalue weighted by molar-refractivity contribution is 6.00. The predicted octanol–water partition coefficient (Wildman–Crippen LogP) is 3.63. The third kappa shape index (κ3) is 3.49. The Bertz CT molecular complexity index is 1150. The first-order chi connectivity index (χ1) is 14.0. The van der Waals surface area contributed by atoms with E-state index in [0.29, 0.717) is 18.1 Å². The second kappa shape index (κ2) is 7.47. The summed E-state index contributed by atoms with van der Waals surface area (Å²) >= 11 is 0. The Morgan fingerprint density at radius 2 is 2.21 bits per heavy atom. The molecule has 4 rings (SSSR count). The summed E-state index contributed by atoms with van der Waals surface area (Å²) in [6.45, 7) is 4.08. The Morgan fingerprint density at radius 1 is 1.38 bits per heavy atom. The number of pyridine rings is 3. The number of aromatic nitrogens is 3. The number of nitrogens with zero attached hydrogens (tertiary/aromatic N) is 4. The number of aryl methyl sites for hydroxylation is 2. The molecule has 1 aliphatic carbocycles. The Kier molecular flexibility index (Phi) is 4.85. The lowest BCUT2D eigenvalue weighted by molar-refractivity contribution is -0.117.